The summed E-state index contributed by atoms with van der Waals surface area (Å²) in [6.07, 6.45) is 10.2. The van der Waals surface area contributed by atoms with Gasteiger partial charge < -0.3 is 0 Å². The van der Waals surface area contributed by atoms with E-state index in [1.807, 2.05) is 57.2 Å². The van der Waals surface area contributed by atoms with Gasteiger partial charge in [-0.3, -0.25) is 4.98 Å². The summed E-state index contributed by atoms with van der Waals surface area (Å²) in [4.78, 5) is 13.5. The van der Waals surface area contributed by atoms with E-state index in [9.17, 15) is 0 Å². The summed E-state index contributed by atoms with van der Waals surface area (Å²) in [5.74, 6) is 1.28. The summed E-state index contributed by atoms with van der Waals surface area (Å²) in [6.45, 7) is 13.8. The molecule has 0 aliphatic carbocycles. The fraction of sp³-hybridized carbons (Fsp3) is 0.182. The highest BCUT2D eigenvalue weighted by molar-refractivity contribution is 5.76. The average Bonchev–Trinajstić information content (AvgIpc) is 3.03. The van der Waals surface area contributed by atoms with Gasteiger partial charge in [0.25, 0.3) is 5.78 Å². The minimum atomic E-state index is 0.568. The number of allylic oxidation sites excluding steroid dienone is 6. The third-order valence-electron chi connectivity index (χ3n) is 3.95. The SMILES string of the molecule is C=C(C)/C=C\C(=C/C)c1cc(-c2ccncc2)n2nc(CC(=C)C)nc2n1. The molecule has 0 N–H and O–H groups in total. The number of rotatable bonds is 6. The number of fused-ring (bicyclic) bond motifs is 1. The smallest absolute Gasteiger partial charge is 0.253 e. The molecule has 0 aliphatic rings. The van der Waals surface area contributed by atoms with E-state index in [-0.39, 0.29) is 0 Å². The Bertz CT molecular complexity index is 1060. The summed E-state index contributed by atoms with van der Waals surface area (Å²) in [5, 5.41) is 4.64. The molecule has 5 nitrogen and oxygen atoms in total. The fourth-order valence-corrected chi connectivity index (χ4v) is 2.69. The topological polar surface area (TPSA) is 56.0 Å². The highest BCUT2D eigenvalue weighted by Gasteiger charge is 2.14. The third kappa shape index (κ3) is 4.26. The van der Waals surface area contributed by atoms with Gasteiger partial charge in [-0.05, 0) is 44.5 Å². The monoisotopic (exact) mass is 357 g/mol. The average molecular weight is 357 g/mol. The zero-order valence-corrected chi connectivity index (χ0v) is 16.0. The van der Waals surface area contributed by atoms with Gasteiger partial charge in [-0.2, -0.15) is 9.50 Å². The van der Waals surface area contributed by atoms with Crippen molar-refractivity contribution in [2.75, 3.05) is 0 Å². The Hall–Kier alpha value is -3.34. The summed E-state index contributed by atoms with van der Waals surface area (Å²) >= 11 is 0. The zero-order valence-electron chi connectivity index (χ0n) is 16.0. The lowest BCUT2D eigenvalue weighted by Crippen LogP contribution is -2.00. The summed E-state index contributed by atoms with van der Waals surface area (Å²) < 4.78 is 1.78. The van der Waals surface area contributed by atoms with Crippen LogP contribution in [0.25, 0.3) is 22.6 Å². The van der Waals surface area contributed by atoms with Gasteiger partial charge in [0.15, 0.2) is 5.82 Å². The van der Waals surface area contributed by atoms with Crippen molar-refractivity contribution >= 4 is 11.4 Å². The van der Waals surface area contributed by atoms with Gasteiger partial charge in [0.05, 0.1) is 11.4 Å². The minimum Gasteiger partial charge on any atom is -0.265 e. The van der Waals surface area contributed by atoms with Crippen molar-refractivity contribution in [2.24, 2.45) is 0 Å². The van der Waals surface area contributed by atoms with Crippen LogP contribution in [0.4, 0.5) is 0 Å². The molecule has 0 radical (unpaired) electrons. The first-order valence-electron chi connectivity index (χ1n) is 8.79. The van der Waals surface area contributed by atoms with Crippen LogP contribution in [-0.2, 0) is 6.42 Å². The molecule has 3 rings (SSSR count). The first-order chi connectivity index (χ1) is 13.0. The second kappa shape index (κ2) is 7.91. The van der Waals surface area contributed by atoms with Crippen LogP contribution in [0, 0.1) is 0 Å². The van der Waals surface area contributed by atoms with Gasteiger partial charge in [-0.1, -0.05) is 42.5 Å². The van der Waals surface area contributed by atoms with E-state index < -0.39 is 0 Å². The predicted octanol–water partition coefficient (Wildman–Crippen LogP) is 4.84. The molecule has 0 saturated heterocycles. The molecule has 3 heterocycles. The largest absolute Gasteiger partial charge is 0.265 e. The Morgan fingerprint density at radius 3 is 2.48 bits per heavy atom. The van der Waals surface area contributed by atoms with E-state index in [1.165, 1.54) is 0 Å². The summed E-state index contributed by atoms with van der Waals surface area (Å²) in [6, 6.07) is 5.94. The van der Waals surface area contributed by atoms with Gasteiger partial charge in [0, 0.05) is 24.4 Å². The second-order valence-corrected chi connectivity index (χ2v) is 6.56. The quantitative estimate of drug-likeness (QED) is 0.468. The lowest BCUT2D eigenvalue weighted by Gasteiger charge is -2.08. The Morgan fingerprint density at radius 1 is 1.11 bits per heavy atom. The number of hydrogen-bond acceptors (Lipinski definition) is 4. The normalized spacial score (nSPS) is 12.0. The van der Waals surface area contributed by atoms with Crippen molar-refractivity contribution in [3.05, 3.63) is 84.6 Å². The van der Waals surface area contributed by atoms with Gasteiger partial charge >= 0.3 is 0 Å². The zero-order chi connectivity index (χ0) is 19.4. The fourth-order valence-electron chi connectivity index (χ4n) is 2.69. The lowest BCUT2D eigenvalue weighted by molar-refractivity contribution is 0.891. The summed E-state index contributed by atoms with van der Waals surface area (Å²) in [7, 11) is 0. The first-order valence-corrected chi connectivity index (χ1v) is 8.79. The van der Waals surface area contributed by atoms with E-state index >= 15 is 0 Å². The van der Waals surface area contributed by atoms with Gasteiger partial charge in [0.2, 0.25) is 0 Å². The standard InChI is InChI=1S/C22H23N5/c1-6-17(8-7-15(2)3)19-14-20(18-9-11-23-12-10-18)27-22(24-19)25-21(26-27)13-16(4)5/h6-12,14H,2,4,13H2,1,3,5H3/b8-7-,17-6+. The first kappa shape index (κ1) is 18.5. The van der Waals surface area contributed by atoms with Crippen LogP contribution < -0.4 is 0 Å². The van der Waals surface area contributed by atoms with E-state index in [1.54, 1.807) is 16.9 Å². The van der Waals surface area contributed by atoms with Crippen LogP contribution in [0.2, 0.25) is 0 Å². The van der Waals surface area contributed by atoms with Gasteiger partial charge in [-0.25, -0.2) is 4.98 Å². The van der Waals surface area contributed by atoms with Crippen molar-refractivity contribution < 1.29 is 0 Å². The van der Waals surface area contributed by atoms with E-state index in [2.05, 4.69) is 28.2 Å². The molecular weight excluding hydrogens is 334 g/mol. The number of pyridine rings is 1. The van der Waals surface area contributed by atoms with E-state index in [0.717, 1.165) is 33.7 Å². The molecule has 0 bridgehead atoms. The molecule has 5 heteroatoms. The third-order valence-corrected chi connectivity index (χ3v) is 3.95. The van der Waals surface area contributed by atoms with E-state index in [0.29, 0.717) is 18.0 Å². The Labute approximate surface area is 159 Å². The molecule has 0 aliphatic heterocycles. The molecule has 0 amide bonds. The van der Waals surface area contributed by atoms with Crippen molar-refractivity contribution in [1.82, 2.24) is 24.6 Å². The number of aromatic nitrogens is 5. The van der Waals surface area contributed by atoms with Crippen LogP contribution in [-0.4, -0.2) is 24.6 Å². The van der Waals surface area contributed by atoms with Gasteiger partial charge in [-0.15, -0.1) is 5.10 Å². The van der Waals surface area contributed by atoms with E-state index in [4.69, 9.17) is 4.98 Å². The molecule has 0 spiro atoms. The maximum atomic E-state index is 4.73. The van der Waals surface area contributed by atoms with Crippen LogP contribution in [0.15, 0.2) is 73.1 Å². The lowest BCUT2D eigenvalue weighted by atomic mass is 10.1. The number of hydrogen-bond donors (Lipinski definition) is 0. The highest BCUT2D eigenvalue weighted by atomic mass is 15.3. The van der Waals surface area contributed by atoms with Gasteiger partial charge in [0.1, 0.15) is 0 Å². The molecule has 0 fully saturated rings. The molecule has 136 valence electrons. The molecule has 27 heavy (non-hydrogen) atoms. The van der Waals surface area contributed by atoms with Crippen molar-refractivity contribution in [3.8, 4) is 11.3 Å². The van der Waals surface area contributed by atoms with Crippen molar-refractivity contribution in [3.63, 3.8) is 0 Å². The van der Waals surface area contributed by atoms with Crippen molar-refractivity contribution in [2.45, 2.75) is 27.2 Å². The number of nitrogens with zero attached hydrogens (tertiary/aromatic N) is 5. The Kier molecular flexibility index (Phi) is 5.41. The molecule has 3 aromatic rings. The maximum Gasteiger partial charge on any atom is 0.253 e. The molecule has 0 atom stereocenters. The molecule has 0 saturated carbocycles. The maximum absolute atomic E-state index is 4.73. The van der Waals surface area contributed by atoms with Crippen LogP contribution >= 0.6 is 0 Å². The van der Waals surface area contributed by atoms with Crippen molar-refractivity contribution in [1.29, 1.82) is 0 Å². The van der Waals surface area contributed by atoms with Crippen LogP contribution in [0.5, 0.6) is 0 Å². The highest BCUT2D eigenvalue weighted by Crippen LogP contribution is 2.24. The Morgan fingerprint density at radius 2 is 1.85 bits per heavy atom. The molecular formula is C22H23N5. The molecule has 0 unspecified atom stereocenters. The molecule has 0 aromatic carbocycles. The Balaban J connectivity index is 2.21. The minimum absolute atomic E-state index is 0.568. The summed E-state index contributed by atoms with van der Waals surface area (Å²) in [5.41, 5.74) is 5.75. The molecule has 3 aromatic heterocycles. The predicted molar refractivity (Wildman–Crippen MR) is 110 cm³/mol. The van der Waals surface area contributed by atoms with Crippen LogP contribution in [0.1, 0.15) is 32.3 Å². The second-order valence-electron chi connectivity index (χ2n) is 6.56. The van der Waals surface area contributed by atoms with Crippen LogP contribution in [0.3, 0.4) is 0 Å².